The number of hydrogen-bond donors (Lipinski definition) is 0. The summed E-state index contributed by atoms with van der Waals surface area (Å²) in [5.41, 5.74) is -0.430. The molecule has 2 saturated heterocycles. The van der Waals surface area contributed by atoms with E-state index in [4.69, 9.17) is 21.2 Å². The molecule has 7 heteroatoms. The fourth-order valence-corrected chi connectivity index (χ4v) is 3.25. The van der Waals surface area contributed by atoms with Gasteiger partial charge < -0.3 is 9.64 Å². The van der Waals surface area contributed by atoms with Crippen LogP contribution in [0.4, 0.5) is 0 Å². The van der Waals surface area contributed by atoms with E-state index in [2.05, 4.69) is 0 Å². The van der Waals surface area contributed by atoms with Crippen molar-refractivity contribution in [3.05, 3.63) is 29.3 Å². The molecule has 0 atom stereocenters. The summed E-state index contributed by atoms with van der Waals surface area (Å²) in [7, 11) is 0. The first-order valence-electron chi connectivity index (χ1n) is 8.17. The molecule has 6 nitrogen and oxygen atoms in total. The Bertz CT molecular complexity index is 612. The van der Waals surface area contributed by atoms with E-state index in [-0.39, 0.29) is 18.4 Å². The summed E-state index contributed by atoms with van der Waals surface area (Å²) in [5.74, 6) is 0.587. The second-order valence-corrected chi connectivity index (χ2v) is 6.60. The highest BCUT2D eigenvalue weighted by Crippen LogP contribution is 2.36. The summed E-state index contributed by atoms with van der Waals surface area (Å²) in [5, 5.41) is 2.06. The lowest BCUT2D eigenvalue weighted by Crippen LogP contribution is -2.48. The maximum atomic E-state index is 12.3. The van der Waals surface area contributed by atoms with Crippen molar-refractivity contribution >= 4 is 23.4 Å². The zero-order chi connectivity index (χ0) is 17.2. The molecule has 0 radical (unpaired) electrons. The molecule has 0 saturated carbocycles. The third-order valence-electron chi connectivity index (χ3n) is 4.55. The summed E-state index contributed by atoms with van der Waals surface area (Å²) >= 11 is 5.82. The number of hydrogen-bond acceptors (Lipinski definition) is 4. The maximum absolute atomic E-state index is 12.3. The number of hydroxylamine groups is 2. The van der Waals surface area contributed by atoms with Gasteiger partial charge in [0.25, 0.3) is 5.91 Å². The first-order valence-corrected chi connectivity index (χ1v) is 8.55. The minimum Gasteiger partial charge on any atom is -0.484 e. The average molecular weight is 353 g/mol. The molecule has 0 N–H and O–H groups in total. The van der Waals surface area contributed by atoms with Crippen LogP contribution in [-0.2, 0) is 14.4 Å². The summed E-state index contributed by atoms with van der Waals surface area (Å²) in [6.07, 6.45) is 1.74. The number of benzene rings is 1. The van der Waals surface area contributed by atoms with Crippen LogP contribution in [0.2, 0.25) is 5.02 Å². The fourth-order valence-electron chi connectivity index (χ4n) is 3.12. The van der Waals surface area contributed by atoms with Crippen molar-refractivity contribution in [2.75, 3.05) is 26.2 Å². The van der Waals surface area contributed by atoms with Gasteiger partial charge in [-0.1, -0.05) is 11.6 Å². The molecule has 0 aliphatic carbocycles. The predicted octanol–water partition coefficient (Wildman–Crippen LogP) is 2.26. The predicted molar refractivity (Wildman–Crippen MR) is 88.6 cm³/mol. The third kappa shape index (κ3) is 3.65. The van der Waals surface area contributed by atoms with Gasteiger partial charge in [-0.05, 0) is 44.0 Å². The molecule has 2 amide bonds. The Kier molecular flexibility index (Phi) is 4.96. The molecule has 1 aromatic rings. The van der Waals surface area contributed by atoms with Crippen LogP contribution in [0.25, 0.3) is 0 Å². The van der Waals surface area contributed by atoms with Crippen molar-refractivity contribution in [3.63, 3.8) is 0 Å². The van der Waals surface area contributed by atoms with Crippen LogP contribution in [0, 0.1) is 0 Å². The Morgan fingerprint density at radius 3 is 2.54 bits per heavy atom. The van der Waals surface area contributed by atoms with Gasteiger partial charge in [-0.25, -0.2) is 5.06 Å². The monoisotopic (exact) mass is 352 g/mol. The molecular weight excluding hydrogens is 332 g/mol. The molecular formula is C17H21ClN2O4. The minimum absolute atomic E-state index is 0.00446. The Hall–Kier alpha value is -1.79. The highest BCUT2D eigenvalue weighted by atomic mass is 35.5. The lowest BCUT2D eigenvalue weighted by atomic mass is 9.88. The molecule has 1 spiro atoms. The number of piperidine rings is 1. The van der Waals surface area contributed by atoms with Crippen LogP contribution < -0.4 is 4.74 Å². The van der Waals surface area contributed by atoms with Gasteiger partial charge in [-0.15, -0.1) is 0 Å². The molecule has 2 heterocycles. The SMILES string of the molecule is CCN1OC2(CCN(C(=O)COc3ccc(Cl)cc3)CC2)CC1=O. The Morgan fingerprint density at radius 2 is 1.96 bits per heavy atom. The van der Waals surface area contributed by atoms with Crippen LogP contribution in [0.5, 0.6) is 5.75 Å². The van der Waals surface area contributed by atoms with E-state index >= 15 is 0 Å². The lowest BCUT2D eigenvalue weighted by Gasteiger charge is -2.37. The molecule has 2 fully saturated rings. The molecule has 2 aliphatic heterocycles. The van der Waals surface area contributed by atoms with Gasteiger partial charge in [-0.2, -0.15) is 0 Å². The molecule has 1 aromatic carbocycles. The van der Waals surface area contributed by atoms with Gasteiger partial charge in [0.15, 0.2) is 6.61 Å². The van der Waals surface area contributed by atoms with Crippen LogP contribution in [0.15, 0.2) is 24.3 Å². The Labute approximate surface area is 146 Å². The molecule has 2 aliphatic rings. The number of amides is 2. The number of ether oxygens (including phenoxy) is 1. The minimum atomic E-state index is -0.430. The van der Waals surface area contributed by atoms with E-state index in [1.54, 1.807) is 29.2 Å². The molecule has 130 valence electrons. The highest BCUT2D eigenvalue weighted by Gasteiger charge is 2.46. The summed E-state index contributed by atoms with van der Waals surface area (Å²) in [6.45, 7) is 3.60. The summed E-state index contributed by atoms with van der Waals surface area (Å²) in [4.78, 5) is 31.7. The topological polar surface area (TPSA) is 59.1 Å². The molecule has 24 heavy (non-hydrogen) atoms. The Morgan fingerprint density at radius 1 is 1.29 bits per heavy atom. The zero-order valence-corrected chi connectivity index (χ0v) is 14.4. The average Bonchev–Trinajstić information content (AvgIpc) is 2.90. The number of rotatable bonds is 4. The van der Waals surface area contributed by atoms with Gasteiger partial charge in [0.2, 0.25) is 5.91 Å². The van der Waals surface area contributed by atoms with Crippen molar-refractivity contribution in [1.29, 1.82) is 0 Å². The second-order valence-electron chi connectivity index (χ2n) is 6.16. The Balaban J connectivity index is 1.48. The summed E-state index contributed by atoms with van der Waals surface area (Å²) in [6, 6.07) is 6.91. The zero-order valence-electron chi connectivity index (χ0n) is 13.7. The van der Waals surface area contributed by atoms with E-state index < -0.39 is 5.60 Å². The third-order valence-corrected chi connectivity index (χ3v) is 4.80. The van der Waals surface area contributed by atoms with E-state index in [0.717, 1.165) is 0 Å². The number of nitrogens with zero attached hydrogens (tertiary/aromatic N) is 2. The first kappa shape index (κ1) is 17.0. The number of carbonyl (C=O) groups is 2. The van der Waals surface area contributed by atoms with Gasteiger partial charge >= 0.3 is 0 Å². The molecule has 3 rings (SSSR count). The van der Waals surface area contributed by atoms with E-state index in [0.29, 0.717) is 49.7 Å². The van der Waals surface area contributed by atoms with Crippen LogP contribution in [0.3, 0.4) is 0 Å². The van der Waals surface area contributed by atoms with Crippen LogP contribution in [-0.4, -0.2) is 53.6 Å². The van der Waals surface area contributed by atoms with Gasteiger partial charge in [-0.3, -0.25) is 14.4 Å². The number of likely N-dealkylation sites (tertiary alicyclic amines) is 1. The van der Waals surface area contributed by atoms with Gasteiger partial charge in [0.05, 0.1) is 6.42 Å². The van der Waals surface area contributed by atoms with Crippen LogP contribution >= 0.6 is 11.6 Å². The van der Waals surface area contributed by atoms with Crippen molar-refractivity contribution < 1.29 is 19.2 Å². The quantitative estimate of drug-likeness (QED) is 0.834. The number of carbonyl (C=O) groups excluding carboxylic acids is 2. The van der Waals surface area contributed by atoms with Crippen molar-refractivity contribution in [3.8, 4) is 5.75 Å². The maximum Gasteiger partial charge on any atom is 0.260 e. The molecule has 0 bridgehead atoms. The van der Waals surface area contributed by atoms with Gasteiger partial charge in [0, 0.05) is 24.7 Å². The second kappa shape index (κ2) is 6.99. The van der Waals surface area contributed by atoms with E-state index in [1.807, 2.05) is 6.92 Å². The largest absolute Gasteiger partial charge is 0.484 e. The lowest BCUT2D eigenvalue weighted by molar-refractivity contribution is -0.208. The van der Waals surface area contributed by atoms with Crippen molar-refractivity contribution in [2.45, 2.75) is 31.8 Å². The fraction of sp³-hybridized carbons (Fsp3) is 0.529. The molecule has 0 aromatic heterocycles. The normalized spacial score (nSPS) is 19.8. The first-order chi connectivity index (χ1) is 11.5. The summed E-state index contributed by atoms with van der Waals surface area (Å²) < 4.78 is 5.50. The van der Waals surface area contributed by atoms with Crippen molar-refractivity contribution in [2.24, 2.45) is 0 Å². The van der Waals surface area contributed by atoms with Gasteiger partial charge in [0.1, 0.15) is 11.4 Å². The van der Waals surface area contributed by atoms with Crippen molar-refractivity contribution in [1.82, 2.24) is 9.96 Å². The standard InChI is InChI=1S/C17H21ClN2O4/c1-2-20-15(21)11-17(24-20)7-9-19(10-8-17)16(22)12-23-14-5-3-13(18)4-6-14/h3-6H,2,7-12H2,1H3. The van der Waals surface area contributed by atoms with E-state index in [1.165, 1.54) is 5.06 Å². The van der Waals surface area contributed by atoms with E-state index in [9.17, 15) is 9.59 Å². The highest BCUT2D eigenvalue weighted by molar-refractivity contribution is 6.30. The molecule has 0 unspecified atom stereocenters. The van der Waals surface area contributed by atoms with Crippen LogP contribution in [0.1, 0.15) is 26.2 Å². The smallest absolute Gasteiger partial charge is 0.260 e. The number of halogens is 1.